The molecule has 0 bridgehead atoms. The maximum atomic E-state index is 12.4. The van der Waals surface area contributed by atoms with E-state index in [9.17, 15) is 4.79 Å². The molecular weight excluding hydrogens is 460 g/mol. The zero-order chi connectivity index (χ0) is 25.7. The van der Waals surface area contributed by atoms with E-state index in [0.717, 1.165) is 22.1 Å². The van der Waals surface area contributed by atoms with Crippen molar-refractivity contribution in [1.82, 2.24) is 25.3 Å². The summed E-state index contributed by atoms with van der Waals surface area (Å²) in [6.07, 6.45) is 1.67. The van der Waals surface area contributed by atoms with Crippen molar-refractivity contribution < 1.29 is 9.53 Å². The molecule has 2 aromatic carbocycles. The summed E-state index contributed by atoms with van der Waals surface area (Å²) in [4.78, 5) is 31.5. The highest BCUT2D eigenvalue weighted by atomic mass is 16.5. The largest absolute Gasteiger partial charge is 0.494 e. The van der Waals surface area contributed by atoms with Crippen LogP contribution in [0.5, 0.6) is 5.75 Å². The highest BCUT2D eigenvalue weighted by molar-refractivity contribution is 5.89. The third-order valence-corrected chi connectivity index (χ3v) is 5.50. The van der Waals surface area contributed by atoms with Crippen molar-refractivity contribution in [3.63, 3.8) is 0 Å². The second-order valence-electron chi connectivity index (χ2n) is 8.04. The first-order valence-corrected chi connectivity index (χ1v) is 11.4. The van der Waals surface area contributed by atoms with Crippen LogP contribution >= 0.6 is 0 Å². The van der Waals surface area contributed by atoms with Gasteiger partial charge in [-0.05, 0) is 23.8 Å². The summed E-state index contributed by atoms with van der Waals surface area (Å²) in [5, 5.41) is 12.5. The number of nitrogen functional groups attached to an aromatic ring is 2. The highest BCUT2D eigenvalue weighted by Crippen LogP contribution is 2.31. The lowest BCUT2D eigenvalue weighted by Gasteiger charge is -2.25. The minimum absolute atomic E-state index is 0.00694. The lowest BCUT2D eigenvalue weighted by Crippen LogP contribution is -2.36. The van der Waals surface area contributed by atoms with Crippen LogP contribution in [0.25, 0.3) is 21.8 Å². The number of amides is 1. The van der Waals surface area contributed by atoms with E-state index in [1.54, 1.807) is 6.20 Å². The summed E-state index contributed by atoms with van der Waals surface area (Å²) in [6, 6.07) is 12.0. The van der Waals surface area contributed by atoms with Crippen LogP contribution in [-0.4, -0.2) is 51.4 Å². The Kier molecular flexibility index (Phi) is 7.23. The molecule has 0 spiro atoms. The fraction of sp³-hybridized carbons (Fsp3) is 0.250. The number of carbonyl (C=O) groups is 1. The summed E-state index contributed by atoms with van der Waals surface area (Å²) in [5.74, 6) is 0.896. The molecule has 12 heteroatoms. The molecule has 4 rings (SSSR count). The number of nitrogens with one attached hydrogen (secondary N) is 2. The molecule has 0 aliphatic rings. The fourth-order valence-electron chi connectivity index (χ4n) is 3.83. The smallest absolute Gasteiger partial charge is 0.227 e. The van der Waals surface area contributed by atoms with Gasteiger partial charge in [0.05, 0.1) is 25.1 Å². The minimum atomic E-state index is -0.255. The Morgan fingerprint density at radius 3 is 2.69 bits per heavy atom. The molecule has 12 nitrogen and oxygen atoms in total. The Morgan fingerprint density at radius 1 is 1.11 bits per heavy atom. The van der Waals surface area contributed by atoms with Gasteiger partial charge in [-0.2, -0.15) is 15.0 Å². The number of ether oxygens (including phenoxy) is 1. The summed E-state index contributed by atoms with van der Waals surface area (Å²) in [7, 11) is 0. The van der Waals surface area contributed by atoms with Crippen molar-refractivity contribution in [1.29, 1.82) is 5.41 Å². The fourth-order valence-corrected chi connectivity index (χ4v) is 3.83. The van der Waals surface area contributed by atoms with Crippen LogP contribution in [0.2, 0.25) is 0 Å². The van der Waals surface area contributed by atoms with Gasteiger partial charge >= 0.3 is 0 Å². The van der Waals surface area contributed by atoms with Crippen LogP contribution in [0.3, 0.4) is 0 Å². The molecule has 8 N–H and O–H groups in total. The molecule has 0 unspecified atom stereocenters. The number of rotatable bonds is 10. The normalized spacial score (nSPS) is 10.9. The maximum absolute atomic E-state index is 12.4. The number of carbonyl (C=O) groups excluding carboxylic acids is 1. The van der Waals surface area contributed by atoms with Gasteiger partial charge in [-0.15, -0.1) is 0 Å². The van der Waals surface area contributed by atoms with Crippen LogP contribution in [0.4, 0.5) is 17.7 Å². The van der Waals surface area contributed by atoms with E-state index in [1.165, 1.54) is 0 Å². The number of benzene rings is 2. The summed E-state index contributed by atoms with van der Waals surface area (Å²) in [6.45, 7) is 3.05. The summed E-state index contributed by atoms with van der Waals surface area (Å²) in [5.41, 5.74) is 18.3. The summed E-state index contributed by atoms with van der Waals surface area (Å²) < 4.78 is 5.94. The standard InChI is InChI=1S/C24H28N10O2/c1-2-36-18-8-7-14-5-3-4-6-15(14)17(18)13-34(10-9-20(35)29-12-19(25)26)24-30-11-16-21(27)31-23(28)32-22(16)33-24/h3-8,11H,2,9-10,12-13H2,1H3,(H3,25,26)(H,29,35)(H4,27,28,30,31,32,33). The number of hydrogen-bond donors (Lipinski definition) is 5. The topological polar surface area (TPSA) is 195 Å². The number of aromatic nitrogens is 4. The molecule has 0 fully saturated rings. The Bertz CT molecular complexity index is 1430. The molecule has 2 heterocycles. The van der Waals surface area contributed by atoms with E-state index in [4.69, 9.17) is 27.3 Å². The predicted molar refractivity (Wildman–Crippen MR) is 140 cm³/mol. The van der Waals surface area contributed by atoms with Gasteiger partial charge in [-0.25, -0.2) is 4.98 Å². The average molecular weight is 489 g/mol. The molecule has 2 aromatic heterocycles. The van der Waals surface area contributed by atoms with Gasteiger partial charge < -0.3 is 32.2 Å². The van der Waals surface area contributed by atoms with Gasteiger partial charge in [-0.3, -0.25) is 10.2 Å². The van der Waals surface area contributed by atoms with Crippen LogP contribution in [0.1, 0.15) is 18.9 Å². The SMILES string of the molecule is CCOc1ccc2ccccc2c1CN(CCC(=O)NCC(=N)N)c1ncc2c(N)nc(N)nc2n1. The van der Waals surface area contributed by atoms with Gasteiger partial charge in [0.15, 0.2) is 5.65 Å². The van der Waals surface area contributed by atoms with E-state index < -0.39 is 0 Å². The molecule has 0 atom stereocenters. The first-order valence-electron chi connectivity index (χ1n) is 11.4. The summed E-state index contributed by atoms with van der Waals surface area (Å²) >= 11 is 0. The van der Waals surface area contributed by atoms with Crippen molar-refractivity contribution in [2.24, 2.45) is 5.73 Å². The predicted octanol–water partition coefficient (Wildman–Crippen LogP) is 1.58. The first-order chi connectivity index (χ1) is 17.4. The molecule has 0 aliphatic heterocycles. The Balaban J connectivity index is 1.74. The molecule has 1 amide bonds. The van der Waals surface area contributed by atoms with E-state index in [2.05, 4.69) is 25.3 Å². The van der Waals surface area contributed by atoms with E-state index in [0.29, 0.717) is 30.1 Å². The van der Waals surface area contributed by atoms with Crippen LogP contribution in [-0.2, 0) is 11.3 Å². The van der Waals surface area contributed by atoms with Gasteiger partial charge in [0, 0.05) is 24.7 Å². The average Bonchev–Trinajstić information content (AvgIpc) is 2.85. The maximum Gasteiger partial charge on any atom is 0.227 e. The van der Waals surface area contributed by atoms with Gasteiger partial charge in [0.25, 0.3) is 0 Å². The monoisotopic (exact) mass is 488 g/mol. The van der Waals surface area contributed by atoms with Crippen molar-refractivity contribution in [2.45, 2.75) is 19.9 Å². The molecule has 0 radical (unpaired) electrons. The Labute approximate surface area is 207 Å². The van der Waals surface area contributed by atoms with Gasteiger partial charge in [0.1, 0.15) is 17.4 Å². The van der Waals surface area contributed by atoms with Crippen molar-refractivity contribution >= 4 is 51.3 Å². The van der Waals surface area contributed by atoms with Crippen molar-refractivity contribution in [2.75, 3.05) is 36.1 Å². The molecule has 0 aliphatic carbocycles. The highest BCUT2D eigenvalue weighted by Gasteiger charge is 2.19. The zero-order valence-electron chi connectivity index (χ0n) is 19.9. The second-order valence-corrected chi connectivity index (χ2v) is 8.04. The van der Waals surface area contributed by atoms with Crippen LogP contribution < -0.4 is 32.2 Å². The minimum Gasteiger partial charge on any atom is -0.494 e. The van der Waals surface area contributed by atoms with Crippen molar-refractivity contribution in [3.8, 4) is 5.75 Å². The van der Waals surface area contributed by atoms with Gasteiger partial charge in [0.2, 0.25) is 17.8 Å². The van der Waals surface area contributed by atoms with Gasteiger partial charge in [-0.1, -0.05) is 30.3 Å². The lowest BCUT2D eigenvalue weighted by molar-refractivity contribution is -0.120. The van der Waals surface area contributed by atoms with Crippen LogP contribution in [0, 0.1) is 5.41 Å². The second kappa shape index (κ2) is 10.7. The van der Waals surface area contributed by atoms with Crippen LogP contribution in [0.15, 0.2) is 42.6 Å². The molecule has 4 aromatic rings. The number of nitrogens with two attached hydrogens (primary N) is 3. The number of nitrogens with zero attached hydrogens (tertiary/aromatic N) is 5. The van der Waals surface area contributed by atoms with Crippen molar-refractivity contribution in [3.05, 3.63) is 48.2 Å². The molecule has 36 heavy (non-hydrogen) atoms. The molecule has 0 saturated carbocycles. The third-order valence-electron chi connectivity index (χ3n) is 5.50. The van der Waals surface area contributed by atoms with E-state index >= 15 is 0 Å². The lowest BCUT2D eigenvalue weighted by atomic mass is 10.0. The number of anilines is 3. The number of fused-ring (bicyclic) bond motifs is 2. The van der Waals surface area contributed by atoms with E-state index in [-0.39, 0.29) is 43.0 Å². The number of hydrogen-bond acceptors (Lipinski definition) is 10. The molecule has 0 saturated heterocycles. The Hall–Kier alpha value is -4.74. The molecular formula is C24H28N10O2. The number of amidine groups is 1. The Morgan fingerprint density at radius 2 is 1.92 bits per heavy atom. The quantitative estimate of drug-likeness (QED) is 0.161. The molecule has 186 valence electrons. The third kappa shape index (κ3) is 5.49. The zero-order valence-corrected chi connectivity index (χ0v) is 19.9. The van der Waals surface area contributed by atoms with E-state index in [1.807, 2.05) is 48.2 Å². The first kappa shape index (κ1) is 24.4.